The average Bonchev–Trinajstić information content (AvgIpc) is 3.16. The highest BCUT2D eigenvalue weighted by Gasteiger charge is 2.10. The molecule has 0 fully saturated rings. The largest absolute Gasteiger partial charge is 0.384 e. The van der Waals surface area contributed by atoms with Gasteiger partial charge in [0.2, 0.25) is 10.0 Å². The van der Waals surface area contributed by atoms with E-state index >= 15 is 0 Å². The van der Waals surface area contributed by atoms with Crippen molar-refractivity contribution in [3.63, 3.8) is 0 Å². The van der Waals surface area contributed by atoms with Crippen LogP contribution in [0.15, 0.2) is 65.8 Å². The molecule has 148 valence electrons. The van der Waals surface area contributed by atoms with Gasteiger partial charge in [0.05, 0.1) is 28.0 Å². The minimum atomic E-state index is -3.78. The third kappa shape index (κ3) is 4.37. The molecule has 0 radical (unpaired) electrons. The van der Waals surface area contributed by atoms with Crippen LogP contribution in [-0.2, 0) is 16.4 Å². The third-order valence-corrected chi connectivity index (χ3v) is 5.50. The van der Waals surface area contributed by atoms with Crippen LogP contribution >= 0.6 is 11.6 Å². The van der Waals surface area contributed by atoms with Gasteiger partial charge in [-0.2, -0.15) is 0 Å². The molecular formula is C19H17ClN6O2S. The highest BCUT2D eigenvalue weighted by Crippen LogP contribution is 2.24. The van der Waals surface area contributed by atoms with E-state index in [1.165, 1.54) is 16.8 Å². The Hall–Kier alpha value is -3.01. The molecule has 0 unspecified atom stereocenters. The first-order valence-electron chi connectivity index (χ1n) is 8.73. The number of benzene rings is 2. The normalized spacial score (nSPS) is 11.7. The van der Waals surface area contributed by atoms with Gasteiger partial charge >= 0.3 is 0 Å². The highest BCUT2D eigenvalue weighted by molar-refractivity contribution is 7.89. The van der Waals surface area contributed by atoms with Crippen LogP contribution < -0.4 is 10.5 Å². The molecule has 0 spiro atoms. The summed E-state index contributed by atoms with van der Waals surface area (Å²) in [5.41, 5.74) is 3.11. The van der Waals surface area contributed by atoms with Crippen molar-refractivity contribution in [3.8, 4) is 5.69 Å². The van der Waals surface area contributed by atoms with E-state index in [0.717, 1.165) is 22.3 Å². The Labute approximate surface area is 172 Å². The van der Waals surface area contributed by atoms with Crippen LogP contribution in [0.4, 0.5) is 5.69 Å². The lowest BCUT2D eigenvalue weighted by Crippen LogP contribution is -2.12. The number of pyridine rings is 1. The number of hydrogen-bond acceptors (Lipinski definition) is 6. The van der Waals surface area contributed by atoms with Gasteiger partial charge in [-0.15, -0.1) is 5.10 Å². The molecule has 0 aliphatic carbocycles. The second-order valence-electron chi connectivity index (χ2n) is 6.39. The number of aromatic nitrogens is 4. The summed E-state index contributed by atoms with van der Waals surface area (Å²) in [4.78, 5) is 4.35. The van der Waals surface area contributed by atoms with Crippen LogP contribution in [0.2, 0.25) is 5.02 Å². The van der Waals surface area contributed by atoms with E-state index < -0.39 is 10.0 Å². The van der Waals surface area contributed by atoms with Crippen molar-refractivity contribution in [1.82, 2.24) is 20.0 Å². The Balaban J connectivity index is 1.46. The minimum absolute atomic E-state index is 0.0263. The maximum atomic E-state index is 11.5. The molecule has 0 saturated carbocycles. The number of anilines is 1. The standard InChI is InChI=1S/C19H17ClN6O2S/c20-13-4-5-17-18(7-9-23-19(17)10-13)22-8-6-14-12-26(25-24-14)15-2-1-3-16(11-15)29(21,27)28/h1-5,7,9-12H,6,8H2,(H,22,23)(H2,21,27,28). The van der Waals surface area contributed by atoms with Crippen LogP contribution in [0, 0.1) is 0 Å². The summed E-state index contributed by atoms with van der Waals surface area (Å²) in [6.07, 6.45) is 4.12. The van der Waals surface area contributed by atoms with Crippen LogP contribution in [0.5, 0.6) is 0 Å². The lowest BCUT2D eigenvalue weighted by atomic mass is 10.2. The lowest BCUT2D eigenvalue weighted by molar-refractivity contribution is 0.597. The molecule has 4 aromatic rings. The molecule has 10 heteroatoms. The maximum absolute atomic E-state index is 11.5. The molecule has 3 N–H and O–H groups in total. The van der Waals surface area contributed by atoms with E-state index in [2.05, 4.69) is 20.6 Å². The molecule has 0 saturated heterocycles. The second kappa shape index (κ2) is 7.78. The van der Waals surface area contributed by atoms with Crippen molar-refractivity contribution in [1.29, 1.82) is 0 Å². The summed E-state index contributed by atoms with van der Waals surface area (Å²) in [6, 6.07) is 13.7. The Morgan fingerprint density at radius 3 is 2.83 bits per heavy atom. The number of primary sulfonamides is 1. The van der Waals surface area contributed by atoms with E-state index in [9.17, 15) is 8.42 Å². The van der Waals surface area contributed by atoms with E-state index in [-0.39, 0.29) is 4.90 Å². The number of fused-ring (bicyclic) bond motifs is 1. The predicted molar refractivity (Wildman–Crippen MR) is 112 cm³/mol. The number of nitrogens with zero attached hydrogens (tertiary/aromatic N) is 4. The summed E-state index contributed by atoms with van der Waals surface area (Å²) in [7, 11) is -3.78. The second-order valence-corrected chi connectivity index (χ2v) is 8.39. The molecule has 0 bridgehead atoms. The topological polar surface area (TPSA) is 116 Å². The van der Waals surface area contributed by atoms with Crippen LogP contribution in [0.25, 0.3) is 16.6 Å². The van der Waals surface area contributed by atoms with Gasteiger partial charge in [0.1, 0.15) is 0 Å². The van der Waals surface area contributed by atoms with Crippen molar-refractivity contribution in [2.75, 3.05) is 11.9 Å². The zero-order valence-corrected chi connectivity index (χ0v) is 16.7. The Morgan fingerprint density at radius 2 is 2.00 bits per heavy atom. The van der Waals surface area contributed by atoms with Crippen molar-refractivity contribution >= 4 is 38.2 Å². The SMILES string of the molecule is NS(=O)(=O)c1cccc(-n2cc(CCNc3ccnc4cc(Cl)ccc34)nn2)c1. The van der Waals surface area contributed by atoms with Crippen molar-refractivity contribution < 1.29 is 8.42 Å². The highest BCUT2D eigenvalue weighted by atomic mass is 35.5. The summed E-state index contributed by atoms with van der Waals surface area (Å²) in [5, 5.41) is 18.4. The van der Waals surface area contributed by atoms with Gasteiger partial charge in [-0.25, -0.2) is 18.2 Å². The monoisotopic (exact) mass is 428 g/mol. The van der Waals surface area contributed by atoms with Crippen LogP contribution in [0.1, 0.15) is 5.69 Å². The molecule has 2 heterocycles. The summed E-state index contributed by atoms with van der Waals surface area (Å²) in [6.45, 7) is 0.637. The number of rotatable bonds is 6. The van der Waals surface area contributed by atoms with Gasteiger partial charge in [-0.3, -0.25) is 4.98 Å². The molecule has 0 aliphatic rings. The molecule has 2 aromatic carbocycles. The Kier molecular flexibility index (Phi) is 5.18. The summed E-state index contributed by atoms with van der Waals surface area (Å²) in [5.74, 6) is 0. The number of hydrogen-bond donors (Lipinski definition) is 2. The van der Waals surface area contributed by atoms with Gasteiger partial charge in [-0.05, 0) is 42.5 Å². The lowest BCUT2D eigenvalue weighted by Gasteiger charge is -2.08. The Morgan fingerprint density at radius 1 is 1.14 bits per heavy atom. The first kappa shape index (κ1) is 19.3. The number of halogens is 1. The van der Waals surface area contributed by atoms with Crippen molar-refractivity contribution in [2.45, 2.75) is 11.3 Å². The minimum Gasteiger partial charge on any atom is -0.384 e. The van der Waals surface area contributed by atoms with E-state index in [0.29, 0.717) is 23.7 Å². The van der Waals surface area contributed by atoms with Crippen LogP contribution in [0.3, 0.4) is 0 Å². The van der Waals surface area contributed by atoms with E-state index in [1.807, 2.05) is 24.3 Å². The van der Waals surface area contributed by atoms with Crippen LogP contribution in [-0.4, -0.2) is 34.9 Å². The van der Waals surface area contributed by atoms with Crippen molar-refractivity contribution in [3.05, 3.63) is 71.6 Å². The molecule has 4 rings (SSSR count). The molecule has 0 aliphatic heterocycles. The zero-order valence-electron chi connectivity index (χ0n) is 15.2. The number of sulfonamides is 1. The van der Waals surface area contributed by atoms with E-state index in [4.69, 9.17) is 16.7 Å². The summed E-state index contributed by atoms with van der Waals surface area (Å²) < 4.78 is 24.6. The number of nitrogens with two attached hydrogens (primary N) is 1. The van der Waals surface area contributed by atoms with Crippen molar-refractivity contribution in [2.24, 2.45) is 5.14 Å². The molecule has 29 heavy (non-hydrogen) atoms. The first-order valence-corrected chi connectivity index (χ1v) is 10.7. The van der Waals surface area contributed by atoms with Gasteiger partial charge in [0.25, 0.3) is 0 Å². The Bertz CT molecular complexity index is 1290. The molecule has 0 amide bonds. The molecule has 0 atom stereocenters. The fourth-order valence-electron chi connectivity index (χ4n) is 2.94. The smallest absolute Gasteiger partial charge is 0.238 e. The molecule has 2 aromatic heterocycles. The molecular weight excluding hydrogens is 412 g/mol. The average molecular weight is 429 g/mol. The zero-order chi connectivity index (χ0) is 20.4. The summed E-state index contributed by atoms with van der Waals surface area (Å²) >= 11 is 6.02. The van der Waals surface area contributed by atoms with Gasteiger partial charge in [0.15, 0.2) is 0 Å². The third-order valence-electron chi connectivity index (χ3n) is 4.35. The molecule has 8 nitrogen and oxygen atoms in total. The fraction of sp³-hybridized carbons (Fsp3) is 0.105. The number of nitrogens with one attached hydrogen (secondary N) is 1. The van der Waals surface area contributed by atoms with E-state index in [1.54, 1.807) is 24.5 Å². The first-order chi connectivity index (χ1) is 13.9. The fourth-order valence-corrected chi connectivity index (χ4v) is 3.66. The van der Waals surface area contributed by atoms with Gasteiger partial charge < -0.3 is 5.32 Å². The quantitative estimate of drug-likeness (QED) is 0.487. The maximum Gasteiger partial charge on any atom is 0.238 e. The van der Waals surface area contributed by atoms with Gasteiger partial charge in [-0.1, -0.05) is 22.9 Å². The van der Waals surface area contributed by atoms with Gasteiger partial charge in [0, 0.05) is 35.3 Å². The predicted octanol–water partition coefficient (Wildman–Crippen LogP) is 2.77.